The third-order valence-electron chi connectivity index (χ3n) is 6.20. The maximum Gasteiger partial charge on any atom is 0.244 e. The molecule has 2 aliphatic heterocycles. The van der Waals surface area contributed by atoms with Gasteiger partial charge in [-0.3, -0.25) is 9.59 Å². The second-order valence-electron chi connectivity index (χ2n) is 8.57. The smallest absolute Gasteiger partial charge is 0.244 e. The highest BCUT2D eigenvalue weighted by Crippen LogP contribution is 2.31. The zero-order valence-corrected chi connectivity index (χ0v) is 20.3. The zero-order valence-electron chi connectivity index (χ0n) is 19.5. The van der Waals surface area contributed by atoms with Crippen LogP contribution in [0.15, 0.2) is 47.4 Å². The molecule has 0 atom stereocenters. The Morgan fingerprint density at radius 1 is 1.03 bits per heavy atom. The van der Waals surface area contributed by atoms with E-state index in [1.807, 2.05) is 13.0 Å². The number of carbonyl (C=O) groups is 2. The van der Waals surface area contributed by atoms with Crippen LogP contribution in [-0.4, -0.2) is 50.8 Å². The van der Waals surface area contributed by atoms with Crippen molar-refractivity contribution in [3.8, 4) is 5.75 Å². The van der Waals surface area contributed by atoms with E-state index >= 15 is 0 Å². The fourth-order valence-corrected chi connectivity index (χ4v) is 6.07. The molecular weight excluding hydrogens is 454 g/mol. The van der Waals surface area contributed by atoms with Crippen LogP contribution in [0.2, 0.25) is 0 Å². The Balaban J connectivity index is 1.56. The molecule has 0 bridgehead atoms. The zero-order chi connectivity index (χ0) is 24.1. The number of aryl methyl sites for hydroxylation is 1. The van der Waals surface area contributed by atoms with Gasteiger partial charge in [0, 0.05) is 25.2 Å². The van der Waals surface area contributed by atoms with E-state index in [0.717, 1.165) is 24.8 Å². The van der Waals surface area contributed by atoms with Crippen molar-refractivity contribution in [2.24, 2.45) is 0 Å². The first-order valence-corrected chi connectivity index (χ1v) is 13.3. The summed E-state index contributed by atoms with van der Waals surface area (Å²) in [5, 5.41) is 2.83. The number of rotatable bonds is 7. The predicted molar refractivity (Wildman–Crippen MR) is 131 cm³/mol. The highest BCUT2D eigenvalue weighted by Gasteiger charge is 2.29. The number of para-hydroxylation sites is 2. The lowest BCUT2D eigenvalue weighted by Gasteiger charge is -2.27. The van der Waals surface area contributed by atoms with Crippen LogP contribution in [0, 0.1) is 0 Å². The Hall–Kier alpha value is -2.91. The van der Waals surface area contributed by atoms with E-state index in [-0.39, 0.29) is 23.3 Å². The average Bonchev–Trinajstić information content (AvgIpc) is 2.99. The molecular formula is C25H31N3O5S. The Bertz CT molecular complexity index is 1160. The molecule has 8 nitrogen and oxygen atoms in total. The lowest BCUT2D eigenvalue weighted by atomic mass is 10.1. The Morgan fingerprint density at radius 2 is 1.79 bits per heavy atom. The van der Waals surface area contributed by atoms with Crippen molar-refractivity contribution in [2.45, 2.75) is 50.3 Å². The molecule has 1 N–H and O–H groups in total. The van der Waals surface area contributed by atoms with Gasteiger partial charge in [-0.1, -0.05) is 18.6 Å². The summed E-state index contributed by atoms with van der Waals surface area (Å²) in [6, 6.07) is 12.0. The minimum atomic E-state index is -3.58. The van der Waals surface area contributed by atoms with E-state index in [2.05, 4.69) is 5.32 Å². The number of ether oxygens (including phenoxy) is 1. The number of amides is 2. The molecule has 0 radical (unpaired) electrons. The minimum Gasteiger partial charge on any atom is -0.492 e. The van der Waals surface area contributed by atoms with Crippen molar-refractivity contribution in [3.63, 3.8) is 0 Å². The molecule has 0 aliphatic carbocycles. The normalized spacial score (nSPS) is 17.1. The Kier molecular flexibility index (Phi) is 7.53. The molecule has 2 aromatic carbocycles. The summed E-state index contributed by atoms with van der Waals surface area (Å²) in [5.74, 6) is 0.0607. The van der Waals surface area contributed by atoms with Gasteiger partial charge in [0.2, 0.25) is 21.8 Å². The number of fused-ring (bicyclic) bond motifs is 1. The van der Waals surface area contributed by atoms with Gasteiger partial charge in [0.25, 0.3) is 0 Å². The first kappa shape index (κ1) is 24.2. The van der Waals surface area contributed by atoms with E-state index in [1.165, 1.54) is 4.90 Å². The summed E-state index contributed by atoms with van der Waals surface area (Å²) in [5.41, 5.74) is 1.90. The van der Waals surface area contributed by atoms with Gasteiger partial charge in [0.15, 0.2) is 0 Å². The van der Waals surface area contributed by atoms with Crippen LogP contribution < -0.4 is 15.0 Å². The number of carbonyl (C=O) groups excluding carboxylic acids is 2. The topological polar surface area (TPSA) is 96.0 Å². The van der Waals surface area contributed by atoms with Gasteiger partial charge in [-0.25, -0.2) is 8.42 Å². The van der Waals surface area contributed by atoms with E-state index < -0.39 is 10.0 Å². The molecule has 9 heteroatoms. The molecule has 1 saturated heterocycles. The summed E-state index contributed by atoms with van der Waals surface area (Å²) in [7, 11) is -3.58. The maximum atomic E-state index is 13.1. The van der Waals surface area contributed by atoms with Crippen LogP contribution >= 0.6 is 0 Å². The number of hydrogen-bond acceptors (Lipinski definition) is 5. The molecule has 0 aromatic heterocycles. The monoisotopic (exact) mass is 485 g/mol. The van der Waals surface area contributed by atoms with Crippen LogP contribution in [0.3, 0.4) is 0 Å². The second-order valence-corrected chi connectivity index (χ2v) is 10.5. The van der Waals surface area contributed by atoms with Crippen LogP contribution in [0.25, 0.3) is 0 Å². The summed E-state index contributed by atoms with van der Waals surface area (Å²) >= 11 is 0. The second kappa shape index (κ2) is 10.6. The summed E-state index contributed by atoms with van der Waals surface area (Å²) in [6.07, 6.45) is 4.26. The molecule has 0 spiro atoms. The van der Waals surface area contributed by atoms with Gasteiger partial charge >= 0.3 is 0 Å². The Morgan fingerprint density at radius 3 is 2.56 bits per heavy atom. The minimum absolute atomic E-state index is 0.154. The van der Waals surface area contributed by atoms with E-state index in [1.54, 1.807) is 40.7 Å². The number of hydrogen-bond donors (Lipinski definition) is 1. The third kappa shape index (κ3) is 5.26. The maximum absolute atomic E-state index is 13.1. The fraction of sp³-hybridized carbons (Fsp3) is 0.440. The molecule has 2 heterocycles. The highest BCUT2D eigenvalue weighted by atomic mass is 32.2. The fourth-order valence-electron chi connectivity index (χ4n) is 4.50. The SMILES string of the molecule is CCOc1ccccc1NC(=O)CN1C(=O)CCCc2cc(S(=O)(=O)N3CCCCC3)ccc21. The van der Waals surface area contributed by atoms with Gasteiger partial charge in [-0.2, -0.15) is 4.31 Å². The van der Waals surface area contributed by atoms with Crippen LogP contribution in [0.1, 0.15) is 44.6 Å². The van der Waals surface area contributed by atoms with Crippen molar-refractivity contribution in [2.75, 3.05) is 36.5 Å². The van der Waals surface area contributed by atoms with E-state index in [4.69, 9.17) is 4.74 Å². The van der Waals surface area contributed by atoms with Crippen molar-refractivity contribution in [1.82, 2.24) is 4.31 Å². The lowest BCUT2D eigenvalue weighted by molar-refractivity contribution is -0.121. The molecule has 34 heavy (non-hydrogen) atoms. The van der Waals surface area contributed by atoms with Crippen molar-refractivity contribution in [3.05, 3.63) is 48.0 Å². The van der Waals surface area contributed by atoms with Crippen LogP contribution in [-0.2, 0) is 26.0 Å². The van der Waals surface area contributed by atoms with Crippen molar-refractivity contribution >= 4 is 33.2 Å². The van der Waals surface area contributed by atoms with Gasteiger partial charge in [0.05, 0.1) is 17.2 Å². The summed E-state index contributed by atoms with van der Waals surface area (Å²) < 4.78 is 33.4. The largest absolute Gasteiger partial charge is 0.492 e. The molecule has 2 aliphatic rings. The molecule has 182 valence electrons. The van der Waals surface area contributed by atoms with E-state index in [9.17, 15) is 18.0 Å². The quantitative estimate of drug-likeness (QED) is 0.647. The van der Waals surface area contributed by atoms with Gasteiger partial charge in [-0.15, -0.1) is 0 Å². The van der Waals surface area contributed by atoms with Crippen molar-refractivity contribution < 1.29 is 22.7 Å². The van der Waals surface area contributed by atoms with E-state index in [0.29, 0.717) is 56.1 Å². The van der Waals surface area contributed by atoms with Gasteiger partial charge < -0.3 is 15.0 Å². The number of piperidine rings is 1. The first-order chi connectivity index (χ1) is 16.4. The van der Waals surface area contributed by atoms with Crippen LogP contribution in [0.5, 0.6) is 5.75 Å². The number of anilines is 2. The highest BCUT2D eigenvalue weighted by molar-refractivity contribution is 7.89. The standard InChI is InChI=1S/C25H31N3O5S/c1-2-33-23-11-5-4-10-21(23)26-24(29)18-28-22-14-13-20(17-19(22)9-8-12-25(28)30)34(31,32)27-15-6-3-7-16-27/h4-5,10-11,13-14,17H,2-3,6-9,12,15-16,18H2,1H3,(H,26,29). The summed E-state index contributed by atoms with van der Waals surface area (Å²) in [4.78, 5) is 27.4. The average molecular weight is 486 g/mol. The number of nitrogens with one attached hydrogen (secondary N) is 1. The number of sulfonamides is 1. The van der Waals surface area contributed by atoms with Crippen molar-refractivity contribution in [1.29, 1.82) is 0 Å². The number of nitrogens with zero attached hydrogens (tertiary/aromatic N) is 2. The molecule has 0 unspecified atom stereocenters. The molecule has 0 saturated carbocycles. The predicted octanol–water partition coefficient (Wildman–Crippen LogP) is 3.57. The Labute approximate surface area is 200 Å². The molecule has 4 rings (SSSR count). The lowest BCUT2D eigenvalue weighted by Crippen LogP contribution is -2.38. The summed E-state index contributed by atoms with van der Waals surface area (Å²) in [6.45, 7) is 3.24. The molecule has 2 amide bonds. The van der Waals surface area contributed by atoms with Gasteiger partial charge in [-0.05, 0) is 68.5 Å². The van der Waals surface area contributed by atoms with Crippen LogP contribution in [0.4, 0.5) is 11.4 Å². The molecule has 1 fully saturated rings. The first-order valence-electron chi connectivity index (χ1n) is 11.9. The number of benzene rings is 2. The van der Waals surface area contributed by atoms with Gasteiger partial charge in [0.1, 0.15) is 12.3 Å². The third-order valence-corrected chi connectivity index (χ3v) is 8.09. The molecule has 2 aromatic rings.